The van der Waals surface area contributed by atoms with Crippen LogP contribution in [0.15, 0.2) is 0 Å². The highest BCUT2D eigenvalue weighted by atomic mass is 16.1. The first kappa shape index (κ1) is 11.5. The van der Waals surface area contributed by atoms with E-state index in [9.17, 15) is 4.79 Å². The van der Waals surface area contributed by atoms with Crippen molar-refractivity contribution in [2.24, 2.45) is 11.8 Å². The standard InChI is InChI=1S/C11H22N2O/c1-3-9(2)8-13-11(14)10-4-6-12-7-5-10/h9-10,12H,3-8H2,1-2H3,(H,13,14). The van der Waals surface area contributed by atoms with Crippen molar-refractivity contribution in [2.45, 2.75) is 33.1 Å². The van der Waals surface area contributed by atoms with Crippen molar-refractivity contribution in [3.63, 3.8) is 0 Å². The SMILES string of the molecule is CCC(C)CNC(=O)C1CCNCC1. The summed E-state index contributed by atoms with van der Waals surface area (Å²) in [6.07, 6.45) is 3.12. The van der Waals surface area contributed by atoms with E-state index in [4.69, 9.17) is 0 Å². The monoisotopic (exact) mass is 198 g/mol. The van der Waals surface area contributed by atoms with Crippen LogP contribution in [0.3, 0.4) is 0 Å². The molecular weight excluding hydrogens is 176 g/mol. The summed E-state index contributed by atoms with van der Waals surface area (Å²) in [7, 11) is 0. The molecule has 1 unspecified atom stereocenters. The molecule has 2 N–H and O–H groups in total. The van der Waals surface area contributed by atoms with Gasteiger partial charge in [-0.15, -0.1) is 0 Å². The smallest absolute Gasteiger partial charge is 0.223 e. The first-order valence-corrected chi connectivity index (χ1v) is 5.72. The van der Waals surface area contributed by atoms with Crippen molar-refractivity contribution in [3.8, 4) is 0 Å². The quantitative estimate of drug-likeness (QED) is 0.711. The highest BCUT2D eigenvalue weighted by Gasteiger charge is 2.20. The number of amides is 1. The Balaban J connectivity index is 2.19. The van der Waals surface area contributed by atoms with Crippen LogP contribution in [-0.2, 0) is 4.79 Å². The number of hydrogen-bond acceptors (Lipinski definition) is 2. The van der Waals surface area contributed by atoms with Crippen molar-refractivity contribution in [1.29, 1.82) is 0 Å². The van der Waals surface area contributed by atoms with Crippen LogP contribution in [0.4, 0.5) is 0 Å². The summed E-state index contributed by atoms with van der Waals surface area (Å²) in [5.41, 5.74) is 0. The molecule has 1 heterocycles. The molecule has 3 nitrogen and oxygen atoms in total. The molecule has 1 atom stereocenters. The van der Waals surface area contributed by atoms with E-state index < -0.39 is 0 Å². The average Bonchev–Trinajstić information content (AvgIpc) is 2.26. The predicted molar refractivity (Wildman–Crippen MR) is 58.1 cm³/mol. The Morgan fingerprint density at radius 1 is 1.50 bits per heavy atom. The van der Waals surface area contributed by atoms with Gasteiger partial charge in [0.05, 0.1) is 0 Å². The summed E-state index contributed by atoms with van der Waals surface area (Å²) in [5, 5.41) is 6.30. The zero-order valence-corrected chi connectivity index (χ0v) is 9.31. The van der Waals surface area contributed by atoms with E-state index in [1.165, 1.54) is 0 Å². The van der Waals surface area contributed by atoms with Crippen molar-refractivity contribution in [3.05, 3.63) is 0 Å². The number of carbonyl (C=O) groups is 1. The third-order valence-corrected chi connectivity index (χ3v) is 3.03. The molecule has 0 aliphatic carbocycles. The largest absolute Gasteiger partial charge is 0.356 e. The second-order valence-electron chi connectivity index (χ2n) is 4.28. The summed E-state index contributed by atoms with van der Waals surface area (Å²) >= 11 is 0. The molecule has 0 aromatic rings. The Morgan fingerprint density at radius 2 is 2.14 bits per heavy atom. The van der Waals surface area contributed by atoms with Crippen LogP contribution in [0.2, 0.25) is 0 Å². The molecule has 0 aromatic carbocycles. The topological polar surface area (TPSA) is 41.1 Å². The molecule has 0 spiro atoms. The lowest BCUT2D eigenvalue weighted by atomic mass is 9.97. The maximum Gasteiger partial charge on any atom is 0.223 e. The van der Waals surface area contributed by atoms with Crippen LogP contribution in [0.1, 0.15) is 33.1 Å². The maximum absolute atomic E-state index is 11.7. The van der Waals surface area contributed by atoms with E-state index in [0.29, 0.717) is 5.92 Å². The molecular formula is C11H22N2O. The number of piperidine rings is 1. The number of rotatable bonds is 4. The normalized spacial score (nSPS) is 20.4. The van der Waals surface area contributed by atoms with Crippen LogP contribution in [0, 0.1) is 11.8 Å². The van der Waals surface area contributed by atoms with Gasteiger partial charge in [-0.05, 0) is 31.8 Å². The molecule has 0 aromatic heterocycles. The molecule has 1 aliphatic rings. The first-order valence-electron chi connectivity index (χ1n) is 5.72. The molecule has 0 saturated carbocycles. The van der Waals surface area contributed by atoms with Gasteiger partial charge in [-0.25, -0.2) is 0 Å². The van der Waals surface area contributed by atoms with Crippen LogP contribution in [0.5, 0.6) is 0 Å². The summed E-state index contributed by atoms with van der Waals surface area (Å²) in [6, 6.07) is 0. The van der Waals surface area contributed by atoms with Crippen LogP contribution < -0.4 is 10.6 Å². The lowest BCUT2D eigenvalue weighted by Crippen LogP contribution is -2.39. The fourth-order valence-corrected chi connectivity index (χ4v) is 1.65. The fraction of sp³-hybridized carbons (Fsp3) is 0.909. The molecule has 14 heavy (non-hydrogen) atoms. The minimum atomic E-state index is 0.250. The zero-order chi connectivity index (χ0) is 10.4. The Bertz CT molecular complexity index is 176. The van der Waals surface area contributed by atoms with Gasteiger partial charge >= 0.3 is 0 Å². The Hall–Kier alpha value is -0.570. The van der Waals surface area contributed by atoms with Crippen molar-refractivity contribution >= 4 is 5.91 Å². The molecule has 3 heteroatoms. The number of carbonyl (C=O) groups excluding carboxylic acids is 1. The summed E-state index contributed by atoms with van der Waals surface area (Å²) in [5.74, 6) is 1.10. The van der Waals surface area contributed by atoms with Crippen LogP contribution in [0.25, 0.3) is 0 Å². The molecule has 1 amide bonds. The fourth-order valence-electron chi connectivity index (χ4n) is 1.65. The third-order valence-electron chi connectivity index (χ3n) is 3.03. The second-order valence-corrected chi connectivity index (χ2v) is 4.28. The van der Waals surface area contributed by atoms with Gasteiger partial charge in [-0.1, -0.05) is 20.3 Å². The Labute approximate surface area is 86.6 Å². The van der Waals surface area contributed by atoms with Crippen molar-refractivity contribution in [1.82, 2.24) is 10.6 Å². The molecule has 1 saturated heterocycles. The van der Waals surface area contributed by atoms with Gasteiger partial charge in [0.1, 0.15) is 0 Å². The Kier molecular flexibility index (Phi) is 4.94. The highest BCUT2D eigenvalue weighted by molar-refractivity contribution is 5.78. The number of nitrogens with one attached hydrogen (secondary N) is 2. The second kappa shape index (κ2) is 6.02. The van der Waals surface area contributed by atoms with E-state index in [0.717, 1.165) is 38.9 Å². The van der Waals surface area contributed by atoms with Gasteiger partial charge in [0.15, 0.2) is 0 Å². The predicted octanol–water partition coefficient (Wildman–Crippen LogP) is 1.15. The molecule has 1 rings (SSSR count). The maximum atomic E-state index is 11.7. The van der Waals surface area contributed by atoms with E-state index in [2.05, 4.69) is 24.5 Å². The first-order chi connectivity index (χ1) is 6.74. The Morgan fingerprint density at radius 3 is 2.71 bits per heavy atom. The zero-order valence-electron chi connectivity index (χ0n) is 9.31. The van der Waals surface area contributed by atoms with Gasteiger partial charge < -0.3 is 10.6 Å². The van der Waals surface area contributed by atoms with Crippen molar-refractivity contribution < 1.29 is 4.79 Å². The summed E-state index contributed by atoms with van der Waals surface area (Å²) in [6.45, 7) is 7.13. The summed E-state index contributed by atoms with van der Waals surface area (Å²) < 4.78 is 0. The lowest BCUT2D eigenvalue weighted by Gasteiger charge is -2.22. The lowest BCUT2D eigenvalue weighted by molar-refractivity contribution is -0.125. The van der Waals surface area contributed by atoms with E-state index in [1.807, 2.05) is 0 Å². The average molecular weight is 198 g/mol. The minimum Gasteiger partial charge on any atom is -0.356 e. The molecule has 1 aliphatic heterocycles. The number of hydrogen-bond donors (Lipinski definition) is 2. The van der Waals surface area contributed by atoms with Gasteiger partial charge in [-0.3, -0.25) is 4.79 Å². The molecule has 82 valence electrons. The third kappa shape index (κ3) is 3.66. The minimum absolute atomic E-state index is 0.250. The van der Waals surface area contributed by atoms with Crippen LogP contribution >= 0.6 is 0 Å². The van der Waals surface area contributed by atoms with Gasteiger partial charge in [-0.2, -0.15) is 0 Å². The molecule has 1 fully saturated rings. The molecule has 0 bridgehead atoms. The highest BCUT2D eigenvalue weighted by Crippen LogP contribution is 2.11. The van der Waals surface area contributed by atoms with Gasteiger partial charge in [0, 0.05) is 12.5 Å². The van der Waals surface area contributed by atoms with Gasteiger partial charge in [0.25, 0.3) is 0 Å². The van der Waals surface area contributed by atoms with E-state index in [1.54, 1.807) is 0 Å². The van der Waals surface area contributed by atoms with Crippen molar-refractivity contribution in [2.75, 3.05) is 19.6 Å². The molecule has 0 radical (unpaired) electrons. The van der Waals surface area contributed by atoms with Crippen LogP contribution in [-0.4, -0.2) is 25.5 Å². The van der Waals surface area contributed by atoms with Gasteiger partial charge in [0.2, 0.25) is 5.91 Å². The van der Waals surface area contributed by atoms with E-state index in [-0.39, 0.29) is 11.8 Å². The van der Waals surface area contributed by atoms with E-state index >= 15 is 0 Å². The summed E-state index contributed by atoms with van der Waals surface area (Å²) in [4.78, 5) is 11.7.